The van der Waals surface area contributed by atoms with Crippen molar-refractivity contribution in [2.24, 2.45) is 0 Å². The number of nitrogens with zero attached hydrogens (tertiary/aromatic N) is 3. The number of hydrogen-bond acceptors (Lipinski definition) is 4. The Hall–Kier alpha value is -3.51. The van der Waals surface area contributed by atoms with Crippen molar-refractivity contribution >= 4 is 17.1 Å². The molecule has 6 heteroatoms. The van der Waals surface area contributed by atoms with Crippen LogP contribution in [0, 0.1) is 13.8 Å². The minimum atomic E-state index is -0.883. The summed E-state index contributed by atoms with van der Waals surface area (Å²) < 4.78 is 2.00. The molecule has 5 rings (SSSR count). The summed E-state index contributed by atoms with van der Waals surface area (Å²) in [6.45, 7) is 5.94. The number of carboxylic acid groups (broad SMARTS) is 1. The molecule has 2 N–H and O–H groups in total. The predicted molar refractivity (Wildman–Crippen MR) is 126 cm³/mol. The third kappa shape index (κ3) is 3.78. The highest BCUT2D eigenvalue weighted by atomic mass is 16.4. The van der Waals surface area contributed by atoms with Crippen molar-refractivity contribution in [3.05, 3.63) is 77.1 Å². The lowest BCUT2D eigenvalue weighted by atomic mass is 9.88. The molecule has 4 aromatic rings. The molecule has 0 amide bonds. The van der Waals surface area contributed by atoms with Crippen molar-refractivity contribution in [1.29, 1.82) is 0 Å². The van der Waals surface area contributed by atoms with E-state index in [1.54, 1.807) is 6.07 Å². The summed E-state index contributed by atoms with van der Waals surface area (Å²) in [6.07, 6.45) is 5.80. The van der Waals surface area contributed by atoms with Gasteiger partial charge >= 0.3 is 5.97 Å². The molecular weight excluding hydrogens is 400 g/mol. The molecule has 1 atom stereocenters. The SMILES string of the molecule is Cc1cc(C)cc(-c2cnc3ccn(-c4ccc(C(=O)O)c(C5CCCNC5)c4)c3n2)c1. The van der Waals surface area contributed by atoms with E-state index >= 15 is 0 Å². The van der Waals surface area contributed by atoms with Crippen molar-refractivity contribution in [3.8, 4) is 16.9 Å². The summed E-state index contributed by atoms with van der Waals surface area (Å²) in [5.74, 6) is -0.695. The minimum absolute atomic E-state index is 0.188. The fourth-order valence-electron chi connectivity index (χ4n) is 4.72. The van der Waals surface area contributed by atoms with E-state index in [1.165, 1.54) is 11.1 Å². The van der Waals surface area contributed by atoms with E-state index in [0.29, 0.717) is 5.56 Å². The van der Waals surface area contributed by atoms with Crippen molar-refractivity contribution in [2.45, 2.75) is 32.6 Å². The van der Waals surface area contributed by atoms with Crippen molar-refractivity contribution in [3.63, 3.8) is 0 Å². The Morgan fingerprint density at radius 2 is 1.94 bits per heavy atom. The van der Waals surface area contributed by atoms with Crippen molar-refractivity contribution in [2.75, 3.05) is 13.1 Å². The molecule has 1 aliphatic heterocycles. The van der Waals surface area contributed by atoms with Crippen LogP contribution < -0.4 is 5.32 Å². The van der Waals surface area contributed by atoms with Crippen LogP contribution in [0.4, 0.5) is 0 Å². The number of fused-ring (bicyclic) bond motifs is 1. The Morgan fingerprint density at radius 1 is 1.12 bits per heavy atom. The molecule has 0 aliphatic carbocycles. The topological polar surface area (TPSA) is 80.0 Å². The molecule has 0 bridgehead atoms. The van der Waals surface area contributed by atoms with E-state index in [2.05, 4.69) is 42.3 Å². The number of aromatic carboxylic acids is 1. The highest BCUT2D eigenvalue weighted by Crippen LogP contribution is 2.30. The molecule has 32 heavy (non-hydrogen) atoms. The molecule has 1 unspecified atom stereocenters. The maximum absolute atomic E-state index is 11.9. The number of benzene rings is 2. The normalized spacial score (nSPS) is 16.4. The summed E-state index contributed by atoms with van der Waals surface area (Å²) in [7, 11) is 0. The number of piperidine rings is 1. The quantitative estimate of drug-likeness (QED) is 0.487. The standard InChI is InChI=1S/C26H26N4O2/c1-16-10-17(2)12-19(11-16)24-15-28-23-7-9-30(25(23)29-24)20-5-6-21(26(31)32)22(13-20)18-4-3-8-27-14-18/h5-7,9-13,15,18,27H,3-4,8,14H2,1-2H3,(H,31,32). The molecule has 0 spiro atoms. The molecule has 2 aromatic carbocycles. The maximum atomic E-state index is 11.9. The molecule has 2 aromatic heterocycles. The van der Waals surface area contributed by atoms with Crippen LogP contribution in [0.5, 0.6) is 0 Å². The van der Waals surface area contributed by atoms with E-state index in [9.17, 15) is 9.90 Å². The van der Waals surface area contributed by atoms with Gasteiger partial charge in [0, 0.05) is 24.0 Å². The van der Waals surface area contributed by atoms with Gasteiger partial charge in [-0.15, -0.1) is 0 Å². The zero-order valence-corrected chi connectivity index (χ0v) is 18.3. The van der Waals surface area contributed by atoms with Gasteiger partial charge in [0.05, 0.1) is 17.5 Å². The van der Waals surface area contributed by atoms with Crippen LogP contribution in [0.3, 0.4) is 0 Å². The molecular formula is C26H26N4O2. The summed E-state index contributed by atoms with van der Waals surface area (Å²) in [6, 6.07) is 13.9. The van der Waals surface area contributed by atoms with Gasteiger partial charge in [-0.05, 0) is 81.1 Å². The highest BCUT2D eigenvalue weighted by molar-refractivity contribution is 5.90. The third-order valence-corrected chi connectivity index (χ3v) is 6.19. The maximum Gasteiger partial charge on any atom is 0.335 e. The Kier molecular flexibility index (Phi) is 5.23. The first-order valence-electron chi connectivity index (χ1n) is 11.0. The molecule has 162 valence electrons. The number of rotatable bonds is 4. The summed E-state index contributed by atoms with van der Waals surface area (Å²) in [4.78, 5) is 21.5. The Balaban J connectivity index is 1.62. The molecule has 1 saturated heterocycles. The van der Waals surface area contributed by atoms with E-state index in [-0.39, 0.29) is 5.92 Å². The summed E-state index contributed by atoms with van der Waals surface area (Å²) in [5, 5.41) is 13.1. The lowest BCUT2D eigenvalue weighted by molar-refractivity contribution is 0.0695. The second-order valence-electron chi connectivity index (χ2n) is 8.65. The van der Waals surface area contributed by atoms with Crippen LogP contribution in [-0.4, -0.2) is 38.7 Å². The van der Waals surface area contributed by atoms with Crippen LogP contribution in [0.2, 0.25) is 0 Å². The molecule has 0 saturated carbocycles. The predicted octanol–water partition coefficient (Wildman–Crippen LogP) is 4.87. The first-order valence-corrected chi connectivity index (χ1v) is 11.0. The van der Waals surface area contributed by atoms with E-state index in [0.717, 1.165) is 59.6 Å². The number of hydrogen-bond donors (Lipinski definition) is 2. The van der Waals surface area contributed by atoms with Gasteiger partial charge in [0.25, 0.3) is 0 Å². The lowest BCUT2D eigenvalue weighted by Crippen LogP contribution is -2.29. The first-order chi connectivity index (χ1) is 15.5. The van der Waals surface area contributed by atoms with Crippen LogP contribution in [-0.2, 0) is 0 Å². The van der Waals surface area contributed by atoms with Gasteiger partial charge in [-0.1, -0.05) is 17.2 Å². The number of aromatic nitrogens is 3. The van der Waals surface area contributed by atoms with Crippen LogP contribution in [0.25, 0.3) is 28.1 Å². The average molecular weight is 427 g/mol. The van der Waals surface area contributed by atoms with Gasteiger partial charge in [-0.2, -0.15) is 0 Å². The van der Waals surface area contributed by atoms with E-state index in [1.807, 2.05) is 35.2 Å². The fraction of sp³-hybridized carbons (Fsp3) is 0.269. The largest absolute Gasteiger partial charge is 0.478 e. The van der Waals surface area contributed by atoms with Gasteiger partial charge in [0.1, 0.15) is 5.52 Å². The first kappa shape index (κ1) is 20.4. The molecule has 6 nitrogen and oxygen atoms in total. The highest BCUT2D eigenvalue weighted by Gasteiger charge is 2.22. The zero-order valence-electron chi connectivity index (χ0n) is 18.3. The van der Waals surface area contributed by atoms with Crippen molar-refractivity contribution < 1.29 is 9.90 Å². The summed E-state index contributed by atoms with van der Waals surface area (Å²) >= 11 is 0. The fourth-order valence-corrected chi connectivity index (χ4v) is 4.72. The zero-order chi connectivity index (χ0) is 22.2. The Morgan fingerprint density at radius 3 is 2.66 bits per heavy atom. The lowest BCUT2D eigenvalue weighted by Gasteiger charge is -2.25. The van der Waals surface area contributed by atoms with E-state index in [4.69, 9.17) is 4.98 Å². The number of carboxylic acids is 1. The number of aryl methyl sites for hydroxylation is 2. The Labute approximate surface area is 187 Å². The molecule has 0 radical (unpaired) electrons. The monoisotopic (exact) mass is 426 g/mol. The second kappa shape index (κ2) is 8.20. The number of carbonyl (C=O) groups is 1. The number of nitrogens with one attached hydrogen (secondary N) is 1. The Bertz CT molecular complexity index is 1300. The van der Waals surface area contributed by atoms with Gasteiger partial charge in [0.2, 0.25) is 0 Å². The van der Waals surface area contributed by atoms with E-state index < -0.39 is 5.97 Å². The third-order valence-electron chi connectivity index (χ3n) is 6.19. The molecule has 1 aliphatic rings. The summed E-state index contributed by atoms with van der Waals surface area (Å²) in [5.41, 5.74) is 7.96. The smallest absolute Gasteiger partial charge is 0.335 e. The molecule has 1 fully saturated rings. The van der Waals surface area contributed by atoms with Gasteiger partial charge in [-0.25, -0.2) is 9.78 Å². The second-order valence-corrected chi connectivity index (χ2v) is 8.65. The van der Waals surface area contributed by atoms with Crippen LogP contribution >= 0.6 is 0 Å². The minimum Gasteiger partial charge on any atom is -0.478 e. The van der Waals surface area contributed by atoms with Gasteiger partial charge in [0.15, 0.2) is 5.65 Å². The van der Waals surface area contributed by atoms with Gasteiger partial charge < -0.3 is 10.4 Å². The van der Waals surface area contributed by atoms with Crippen molar-refractivity contribution in [1.82, 2.24) is 19.9 Å². The molecule has 3 heterocycles. The van der Waals surface area contributed by atoms with Gasteiger partial charge in [-0.3, -0.25) is 9.55 Å². The van der Waals surface area contributed by atoms with Crippen LogP contribution in [0.15, 0.2) is 54.9 Å². The average Bonchev–Trinajstić information content (AvgIpc) is 3.22. The van der Waals surface area contributed by atoms with Crippen LogP contribution in [0.1, 0.15) is 45.8 Å².